The Hall–Kier alpha value is -2.15. The molecular weight excluding hydrogens is 344 g/mol. The molecule has 2 fully saturated rings. The van der Waals surface area contributed by atoms with Crippen molar-refractivity contribution in [1.82, 2.24) is 14.8 Å². The Morgan fingerprint density at radius 1 is 1.26 bits per heavy atom. The molecule has 0 aromatic carbocycles. The normalized spacial score (nSPS) is 19.4. The van der Waals surface area contributed by atoms with Gasteiger partial charge in [0.15, 0.2) is 0 Å². The van der Waals surface area contributed by atoms with E-state index in [-0.39, 0.29) is 17.2 Å². The Morgan fingerprint density at radius 3 is 2.59 bits per heavy atom. The van der Waals surface area contributed by atoms with Gasteiger partial charge >= 0.3 is 0 Å². The van der Waals surface area contributed by atoms with E-state index in [2.05, 4.69) is 9.88 Å². The molecule has 1 spiro atoms. The number of hydrogen-bond donors (Lipinski definition) is 0. The van der Waals surface area contributed by atoms with Crippen LogP contribution in [-0.2, 0) is 9.53 Å². The standard InChI is InChI=1S/C20H30N4O3/c1-22(2)19(26)16-4-5-17(21-14-16)23-10-8-20(9-11-23)7-6-18(25)24(15-20)12-13-27-3/h4-5,14H,6-13,15H2,1-3H3. The van der Waals surface area contributed by atoms with Gasteiger partial charge < -0.3 is 19.4 Å². The van der Waals surface area contributed by atoms with Gasteiger partial charge in [0.1, 0.15) is 5.82 Å². The Morgan fingerprint density at radius 2 is 2.00 bits per heavy atom. The van der Waals surface area contributed by atoms with Gasteiger partial charge in [0, 0.05) is 60.0 Å². The average molecular weight is 374 g/mol. The summed E-state index contributed by atoms with van der Waals surface area (Å²) in [6.07, 6.45) is 5.40. The van der Waals surface area contributed by atoms with Crippen LogP contribution in [-0.4, -0.2) is 80.6 Å². The first-order valence-electron chi connectivity index (χ1n) is 9.63. The number of ether oxygens (including phenoxy) is 1. The fraction of sp³-hybridized carbons (Fsp3) is 0.650. The summed E-state index contributed by atoms with van der Waals surface area (Å²) in [4.78, 5) is 34.5. The molecule has 7 nitrogen and oxygen atoms in total. The largest absolute Gasteiger partial charge is 0.383 e. The van der Waals surface area contributed by atoms with Crippen LogP contribution in [0, 0.1) is 5.41 Å². The molecule has 0 aliphatic carbocycles. The summed E-state index contributed by atoms with van der Waals surface area (Å²) in [6, 6.07) is 3.78. The summed E-state index contributed by atoms with van der Waals surface area (Å²) in [5, 5.41) is 0. The minimum Gasteiger partial charge on any atom is -0.383 e. The highest BCUT2D eigenvalue weighted by molar-refractivity contribution is 5.93. The van der Waals surface area contributed by atoms with Crippen molar-refractivity contribution < 1.29 is 14.3 Å². The van der Waals surface area contributed by atoms with E-state index < -0.39 is 0 Å². The SMILES string of the molecule is COCCN1CC2(CCC1=O)CCN(c1ccc(C(=O)N(C)C)cn1)CC2. The van der Waals surface area contributed by atoms with E-state index in [9.17, 15) is 9.59 Å². The van der Waals surface area contributed by atoms with Crippen molar-refractivity contribution in [3.63, 3.8) is 0 Å². The second-order valence-corrected chi connectivity index (χ2v) is 7.90. The van der Waals surface area contributed by atoms with E-state index in [1.165, 1.54) is 0 Å². The number of piperidine rings is 2. The number of pyridine rings is 1. The fourth-order valence-corrected chi connectivity index (χ4v) is 4.08. The van der Waals surface area contributed by atoms with Gasteiger partial charge in [-0.1, -0.05) is 0 Å². The Kier molecular flexibility index (Phi) is 5.99. The van der Waals surface area contributed by atoms with Gasteiger partial charge in [0.2, 0.25) is 5.91 Å². The van der Waals surface area contributed by atoms with E-state index in [0.717, 1.165) is 44.7 Å². The van der Waals surface area contributed by atoms with Gasteiger partial charge in [0.25, 0.3) is 5.91 Å². The third-order valence-corrected chi connectivity index (χ3v) is 5.86. The molecule has 0 atom stereocenters. The smallest absolute Gasteiger partial charge is 0.254 e. The molecule has 1 aromatic rings. The van der Waals surface area contributed by atoms with E-state index in [1.54, 1.807) is 32.3 Å². The minimum absolute atomic E-state index is 0.0327. The Labute approximate surface area is 161 Å². The maximum atomic E-state index is 12.2. The molecule has 0 radical (unpaired) electrons. The van der Waals surface area contributed by atoms with Crippen LogP contribution < -0.4 is 4.90 Å². The maximum Gasteiger partial charge on any atom is 0.254 e. The highest BCUT2D eigenvalue weighted by atomic mass is 16.5. The molecule has 7 heteroatoms. The molecule has 3 heterocycles. The van der Waals surface area contributed by atoms with Crippen molar-refractivity contribution in [1.29, 1.82) is 0 Å². The first kappa shape index (κ1) is 19.6. The molecule has 0 N–H and O–H groups in total. The van der Waals surface area contributed by atoms with Crippen molar-refractivity contribution >= 4 is 17.6 Å². The lowest BCUT2D eigenvalue weighted by atomic mass is 9.72. The quantitative estimate of drug-likeness (QED) is 0.784. The summed E-state index contributed by atoms with van der Waals surface area (Å²) in [5.74, 6) is 1.14. The van der Waals surface area contributed by atoms with Gasteiger partial charge in [-0.3, -0.25) is 9.59 Å². The highest BCUT2D eigenvalue weighted by Gasteiger charge is 2.41. The first-order valence-corrected chi connectivity index (χ1v) is 9.63. The first-order chi connectivity index (χ1) is 12.9. The van der Waals surface area contributed by atoms with Crippen LogP contribution in [0.15, 0.2) is 18.3 Å². The number of likely N-dealkylation sites (tertiary alicyclic amines) is 1. The number of carbonyl (C=O) groups is 2. The third-order valence-electron chi connectivity index (χ3n) is 5.86. The number of nitrogens with zero attached hydrogens (tertiary/aromatic N) is 4. The average Bonchev–Trinajstić information content (AvgIpc) is 2.69. The van der Waals surface area contributed by atoms with Gasteiger partial charge in [0.05, 0.1) is 12.2 Å². The lowest BCUT2D eigenvalue weighted by molar-refractivity contribution is -0.139. The Bertz CT molecular complexity index is 666. The van der Waals surface area contributed by atoms with E-state index in [0.29, 0.717) is 25.1 Å². The molecule has 1 aromatic heterocycles. The van der Waals surface area contributed by atoms with Gasteiger partial charge in [-0.15, -0.1) is 0 Å². The number of aromatic nitrogens is 1. The molecule has 3 rings (SSSR count). The van der Waals surface area contributed by atoms with Crippen LogP contribution in [0.4, 0.5) is 5.82 Å². The Balaban J connectivity index is 1.60. The van der Waals surface area contributed by atoms with Crippen LogP contribution in [0.25, 0.3) is 0 Å². The summed E-state index contributed by atoms with van der Waals surface area (Å²) >= 11 is 0. The zero-order valence-electron chi connectivity index (χ0n) is 16.6. The van der Waals surface area contributed by atoms with Gasteiger partial charge in [-0.25, -0.2) is 4.98 Å². The fourth-order valence-electron chi connectivity index (χ4n) is 4.08. The number of rotatable bonds is 5. The summed E-state index contributed by atoms with van der Waals surface area (Å²) in [5.41, 5.74) is 0.829. The molecule has 2 amide bonds. The highest BCUT2D eigenvalue weighted by Crippen LogP contribution is 2.40. The van der Waals surface area contributed by atoms with Crippen molar-refractivity contribution in [2.45, 2.75) is 25.7 Å². The molecular formula is C20H30N4O3. The van der Waals surface area contributed by atoms with Crippen molar-refractivity contribution in [2.24, 2.45) is 5.41 Å². The second kappa shape index (κ2) is 8.25. The summed E-state index contributed by atoms with van der Waals surface area (Å²) in [7, 11) is 5.16. The van der Waals surface area contributed by atoms with E-state index in [1.807, 2.05) is 17.0 Å². The molecule has 148 valence electrons. The number of carbonyl (C=O) groups excluding carboxylic acids is 2. The monoisotopic (exact) mass is 374 g/mol. The third kappa shape index (κ3) is 4.40. The van der Waals surface area contributed by atoms with Gasteiger partial charge in [-0.05, 0) is 36.8 Å². The molecule has 2 aliphatic heterocycles. The van der Waals surface area contributed by atoms with Crippen LogP contribution in [0.3, 0.4) is 0 Å². The van der Waals surface area contributed by atoms with Crippen LogP contribution in [0.1, 0.15) is 36.0 Å². The zero-order chi connectivity index (χ0) is 19.4. The molecule has 2 saturated heterocycles. The van der Waals surface area contributed by atoms with Crippen molar-refractivity contribution in [3.8, 4) is 0 Å². The van der Waals surface area contributed by atoms with Crippen LogP contribution >= 0.6 is 0 Å². The van der Waals surface area contributed by atoms with Crippen molar-refractivity contribution in [3.05, 3.63) is 23.9 Å². The summed E-state index contributed by atoms with van der Waals surface area (Å²) in [6.45, 7) is 3.98. The van der Waals surface area contributed by atoms with E-state index >= 15 is 0 Å². The van der Waals surface area contributed by atoms with Gasteiger partial charge in [-0.2, -0.15) is 0 Å². The molecule has 0 bridgehead atoms. The predicted molar refractivity (Wildman–Crippen MR) is 104 cm³/mol. The molecule has 0 unspecified atom stereocenters. The number of amides is 2. The van der Waals surface area contributed by atoms with Crippen LogP contribution in [0.2, 0.25) is 0 Å². The molecule has 27 heavy (non-hydrogen) atoms. The number of hydrogen-bond acceptors (Lipinski definition) is 5. The lowest BCUT2D eigenvalue weighted by Crippen LogP contribution is -2.52. The molecule has 2 aliphatic rings. The van der Waals surface area contributed by atoms with E-state index in [4.69, 9.17) is 4.74 Å². The van der Waals surface area contributed by atoms with Crippen molar-refractivity contribution in [2.75, 3.05) is 58.9 Å². The number of anilines is 1. The predicted octanol–water partition coefficient (Wildman–Crippen LogP) is 1.64. The minimum atomic E-state index is -0.0327. The van der Waals surface area contributed by atoms with Crippen LogP contribution in [0.5, 0.6) is 0 Å². The lowest BCUT2D eigenvalue weighted by Gasteiger charge is -2.47. The summed E-state index contributed by atoms with van der Waals surface area (Å²) < 4.78 is 5.15. The maximum absolute atomic E-state index is 12.2. The molecule has 0 saturated carbocycles. The zero-order valence-corrected chi connectivity index (χ0v) is 16.6. The topological polar surface area (TPSA) is 66.0 Å². The number of methoxy groups -OCH3 is 1. The second-order valence-electron chi connectivity index (χ2n) is 7.90.